The lowest BCUT2D eigenvalue weighted by Gasteiger charge is -2.07. The van der Waals surface area contributed by atoms with E-state index in [1.165, 1.54) is 25.4 Å². The summed E-state index contributed by atoms with van der Waals surface area (Å²) in [6.45, 7) is 0.0421. The molecule has 9 nitrogen and oxygen atoms in total. The summed E-state index contributed by atoms with van der Waals surface area (Å²) >= 11 is 0. The lowest BCUT2D eigenvalue weighted by Crippen LogP contribution is -2.23. The molecule has 0 bridgehead atoms. The molecular formula is C11H13N5O4S. The van der Waals surface area contributed by atoms with E-state index in [2.05, 4.69) is 20.2 Å². The first-order chi connectivity index (χ1) is 9.94. The van der Waals surface area contributed by atoms with Crippen LogP contribution in [0.2, 0.25) is 0 Å². The monoisotopic (exact) mass is 311 g/mol. The van der Waals surface area contributed by atoms with E-state index in [1.54, 1.807) is 6.20 Å². The zero-order valence-electron chi connectivity index (χ0n) is 11.0. The Hall–Kier alpha value is -2.46. The van der Waals surface area contributed by atoms with Gasteiger partial charge in [0.2, 0.25) is 10.0 Å². The minimum absolute atomic E-state index is 0.0421. The van der Waals surface area contributed by atoms with Gasteiger partial charge in [-0.2, -0.15) is 5.10 Å². The van der Waals surface area contributed by atoms with Crippen molar-refractivity contribution in [3.63, 3.8) is 0 Å². The van der Waals surface area contributed by atoms with Gasteiger partial charge in [0.05, 0.1) is 16.0 Å². The number of aromatic nitrogens is 2. The van der Waals surface area contributed by atoms with E-state index in [0.29, 0.717) is 5.56 Å². The molecule has 21 heavy (non-hydrogen) atoms. The Morgan fingerprint density at radius 3 is 2.76 bits per heavy atom. The summed E-state index contributed by atoms with van der Waals surface area (Å²) in [6, 6.07) is 3.67. The number of aromatic amines is 1. The summed E-state index contributed by atoms with van der Waals surface area (Å²) in [4.78, 5) is 10.1. The molecule has 112 valence electrons. The number of nitrogens with zero attached hydrogens (tertiary/aromatic N) is 2. The minimum Gasteiger partial charge on any atom is -0.383 e. The molecule has 0 atom stereocenters. The van der Waals surface area contributed by atoms with Crippen LogP contribution >= 0.6 is 0 Å². The Balaban J connectivity index is 2.27. The summed E-state index contributed by atoms with van der Waals surface area (Å²) in [6.07, 6.45) is 3.03. The number of hydrogen-bond donors (Lipinski definition) is 3. The van der Waals surface area contributed by atoms with Crippen molar-refractivity contribution < 1.29 is 13.3 Å². The first-order valence-electron chi connectivity index (χ1n) is 5.87. The van der Waals surface area contributed by atoms with Gasteiger partial charge in [0, 0.05) is 31.4 Å². The normalized spacial score (nSPS) is 11.3. The second-order valence-corrected chi connectivity index (χ2v) is 5.88. The molecule has 1 aromatic heterocycles. The highest BCUT2D eigenvalue weighted by Crippen LogP contribution is 2.27. The Morgan fingerprint density at radius 2 is 2.19 bits per heavy atom. The lowest BCUT2D eigenvalue weighted by atomic mass is 10.3. The Labute approximate surface area is 120 Å². The molecule has 1 aromatic carbocycles. The molecule has 0 fully saturated rings. The van der Waals surface area contributed by atoms with Gasteiger partial charge in [-0.1, -0.05) is 0 Å². The van der Waals surface area contributed by atoms with Crippen LogP contribution in [0.3, 0.4) is 0 Å². The van der Waals surface area contributed by atoms with Crippen molar-refractivity contribution in [1.29, 1.82) is 0 Å². The molecule has 0 saturated heterocycles. The number of H-pyrrole nitrogens is 1. The van der Waals surface area contributed by atoms with E-state index in [1.807, 2.05) is 0 Å². The number of nitrogens with one attached hydrogen (secondary N) is 3. The van der Waals surface area contributed by atoms with Crippen molar-refractivity contribution in [3.05, 3.63) is 46.3 Å². The highest BCUT2D eigenvalue weighted by Gasteiger charge is 2.20. The summed E-state index contributed by atoms with van der Waals surface area (Å²) in [5, 5.41) is 19.8. The zero-order valence-corrected chi connectivity index (χ0v) is 11.8. The molecule has 2 rings (SSSR count). The standard InChI is InChI=1S/C11H13N5O4S/c1-12-10-3-2-9(4-11(10)16(17)18)21(19,20)15-7-8-5-13-14-6-8/h2-6,12,15H,7H2,1H3,(H,13,14). The first kappa shape index (κ1) is 14.9. The highest BCUT2D eigenvalue weighted by molar-refractivity contribution is 7.89. The number of benzene rings is 1. The summed E-state index contributed by atoms with van der Waals surface area (Å²) in [5.41, 5.74) is 0.595. The molecule has 1 heterocycles. The Morgan fingerprint density at radius 1 is 1.43 bits per heavy atom. The Kier molecular flexibility index (Phi) is 4.19. The van der Waals surface area contributed by atoms with E-state index < -0.39 is 14.9 Å². The number of rotatable bonds is 6. The lowest BCUT2D eigenvalue weighted by molar-refractivity contribution is -0.384. The summed E-state index contributed by atoms with van der Waals surface area (Å²) < 4.78 is 26.6. The number of hydrogen-bond acceptors (Lipinski definition) is 6. The summed E-state index contributed by atoms with van der Waals surface area (Å²) in [5.74, 6) is 0. The fraction of sp³-hybridized carbons (Fsp3) is 0.182. The molecule has 10 heteroatoms. The van der Waals surface area contributed by atoms with Gasteiger partial charge in [0.1, 0.15) is 5.69 Å². The van der Waals surface area contributed by atoms with E-state index in [4.69, 9.17) is 0 Å². The van der Waals surface area contributed by atoms with E-state index in [9.17, 15) is 18.5 Å². The number of sulfonamides is 1. The van der Waals surface area contributed by atoms with Gasteiger partial charge >= 0.3 is 0 Å². The third kappa shape index (κ3) is 3.35. The van der Waals surface area contributed by atoms with Gasteiger partial charge < -0.3 is 5.32 Å². The van der Waals surface area contributed by atoms with Gasteiger partial charge in [-0.05, 0) is 12.1 Å². The van der Waals surface area contributed by atoms with Crippen molar-refractivity contribution in [2.24, 2.45) is 0 Å². The molecule has 2 aromatic rings. The van der Waals surface area contributed by atoms with Crippen LogP contribution in [0.1, 0.15) is 5.56 Å². The molecule has 0 aliphatic carbocycles. The molecular weight excluding hydrogens is 298 g/mol. The molecule has 0 aliphatic heterocycles. The van der Waals surface area contributed by atoms with Gasteiger partial charge in [-0.25, -0.2) is 13.1 Å². The molecule has 0 amide bonds. The predicted octanol–water partition coefficient (Wildman–Crippen LogP) is 0.838. The molecule has 0 aliphatic rings. The molecule has 0 unspecified atom stereocenters. The van der Waals surface area contributed by atoms with Gasteiger partial charge in [0.25, 0.3) is 5.69 Å². The van der Waals surface area contributed by atoms with Crippen LogP contribution in [0.4, 0.5) is 11.4 Å². The maximum absolute atomic E-state index is 12.1. The van der Waals surface area contributed by atoms with E-state index in [0.717, 1.165) is 6.07 Å². The minimum atomic E-state index is -3.84. The fourth-order valence-electron chi connectivity index (χ4n) is 1.68. The number of nitro groups is 1. The quantitative estimate of drug-likeness (QED) is 0.535. The topological polar surface area (TPSA) is 130 Å². The largest absolute Gasteiger partial charge is 0.383 e. The van der Waals surface area contributed by atoms with Crippen molar-refractivity contribution in [2.45, 2.75) is 11.4 Å². The van der Waals surface area contributed by atoms with Crippen LogP contribution < -0.4 is 10.0 Å². The first-order valence-corrected chi connectivity index (χ1v) is 7.36. The SMILES string of the molecule is CNc1ccc(S(=O)(=O)NCc2cn[nH]c2)cc1[N+](=O)[O-]. The maximum atomic E-state index is 12.1. The van der Waals surface area contributed by atoms with Crippen molar-refractivity contribution in [1.82, 2.24) is 14.9 Å². The van der Waals surface area contributed by atoms with Crippen LogP contribution in [-0.2, 0) is 16.6 Å². The second-order valence-electron chi connectivity index (χ2n) is 4.12. The molecule has 0 radical (unpaired) electrons. The van der Waals surface area contributed by atoms with Crippen molar-refractivity contribution >= 4 is 21.4 Å². The van der Waals surface area contributed by atoms with E-state index >= 15 is 0 Å². The van der Waals surface area contributed by atoms with E-state index in [-0.39, 0.29) is 22.8 Å². The average Bonchev–Trinajstić information content (AvgIpc) is 2.97. The Bertz CT molecular complexity index is 742. The van der Waals surface area contributed by atoms with Crippen molar-refractivity contribution in [3.8, 4) is 0 Å². The number of nitro benzene ring substituents is 1. The zero-order chi connectivity index (χ0) is 15.5. The molecule has 0 saturated carbocycles. The fourth-order valence-corrected chi connectivity index (χ4v) is 2.71. The third-order valence-corrected chi connectivity index (χ3v) is 4.17. The van der Waals surface area contributed by atoms with Gasteiger partial charge in [-0.3, -0.25) is 15.2 Å². The second kappa shape index (κ2) is 5.89. The van der Waals surface area contributed by atoms with Crippen LogP contribution in [0.15, 0.2) is 35.5 Å². The average molecular weight is 311 g/mol. The molecule has 3 N–H and O–H groups in total. The maximum Gasteiger partial charge on any atom is 0.293 e. The smallest absolute Gasteiger partial charge is 0.293 e. The summed E-state index contributed by atoms with van der Waals surface area (Å²) in [7, 11) is -2.32. The number of anilines is 1. The van der Waals surface area contributed by atoms with Crippen LogP contribution in [-0.4, -0.2) is 30.6 Å². The molecule has 0 spiro atoms. The third-order valence-electron chi connectivity index (χ3n) is 2.77. The predicted molar refractivity (Wildman–Crippen MR) is 75.3 cm³/mol. The van der Waals surface area contributed by atoms with Gasteiger partial charge in [-0.15, -0.1) is 0 Å². The van der Waals surface area contributed by atoms with Crippen LogP contribution in [0.5, 0.6) is 0 Å². The van der Waals surface area contributed by atoms with Crippen LogP contribution in [0, 0.1) is 10.1 Å². The van der Waals surface area contributed by atoms with Crippen LogP contribution in [0.25, 0.3) is 0 Å². The highest BCUT2D eigenvalue weighted by atomic mass is 32.2. The van der Waals surface area contributed by atoms with Crippen molar-refractivity contribution in [2.75, 3.05) is 12.4 Å². The van der Waals surface area contributed by atoms with Gasteiger partial charge in [0.15, 0.2) is 0 Å².